The monoisotopic (exact) mass is 410 g/mol. The van der Waals surface area contributed by atoms with Crippen molar-refractivity contribution in [1.29, 1.82) is 0 Å². The first kappa shape index (κ1) is 25.3. The van der Waals surface area contributed by atoms with Crippen molar-refractivity contribution in [3.63, 3.8) is 0 Å². The molecule has 0 aromatic heterocycles. The third kappa shape index (κ3) is 17.5. The van der Waals surface area contributed by atoms with Crippen molar-refractivity contribution in [2.75, 3.05) is 40.3 Å². The van der Waals surface area contributed by atoms with Crippen molar-refractivity contribution in [2.24, 2.45) is 32.9 Å². The molecule has 0 amide bonds. The highest BCUT2D eigenvalue weighted by Gasteiger charge is 2.15. The third-order valence-electron chi connectivity index (χ3n) is 4.04. The lowest BCUT2D eigenvalue weighted by Crippen LogP contribution is -2.34. The SMILES string of the molecule is CN1CCC(N=C(N)N)CC1.CN1CCC(N=C(N)N)CC1.O=S(=O)(O)O. The second-order valence-electron chi connectivity index (χ2n) is 6.62. The zero-order valence-corrected chi connectivity index (χ0v) is 16.8. The Morgan fingerprint density at radius 3 is 1.19 bits per heavy atom. The molecule has 0 unspecified atom stereocenters. The Bertz CT molecular complexity index is 516. The van der Waals surface area contributed by atoms with E-state index in [2.05, 4.69) is 33.9 Å². The molecular formula is C14H34N8O4S. The second-order valence-corrected chi connectivity index (χ2v) is 7.52. The van der Waals surface area contributed by atoms with Gasteiger partial charge in [-0.3, -0.25) is 19.1 Å². The first-order chi connectivity index (χ1) is 12.4. The van der Waals surface area contributed by atoms with Crippen LogP contribution in [-0.4, -0.2) is 91.6 Å². The number of likely N-dealkylation sites (tertiary alicyclic amines) is 2. The fraction of sp³-hybridized carbons (Fsp3) is 0.857. The van der Waals surface area contributed by atoms with Crippen LogP contribution in [0.4, 0.5) is 0 Å². The highest BCUT2D eigenvalue weighted by atomic mass is 32.3. The lowest BCUT2D eigenvalue weighted by Gasteiger charge is -2.26. The third-order valence-corrected chi connectivity index (χ3v) is 4.04. The summed E-state index contributed by atoms with van der Waals surface area (Å²) < 4.78 is 31.6. The van der Waals surface area contributed by atoms with Gasteiger partial charge in [0.15, 0.2) is 11.9 Å². The van der Waals surface area contributed by atoms with Crippen LogP contribution >= 0.6 is 0 Å². The van der Waals surface area contributed by atoms with Gasteiger partial charge in [-0.05, 0) is 66.0 Å². The van der Waals surface area contributed by atoms with Crippen molar-refractivity contribution in [3.05, 3.63) is 0 Å². The Kier molecular flexibility index (Phi) is 11.9. The van der Waals surface area contributed by atoms with Gasteiger partial charge in [-0.2, -0.15) is 8.42 Å². The van der Waals surface area contributed by atoms with Crippen molar-refractivity contribution < 1.29 is 17.5 Å². The summed E-state index contributed by atoms with van der Waals surface area (Å²) in [4.78, 5) is 12.8. The van der Waals surface area contributed by atoms with Gasteiger partial charge in [0.2, 0.25) is 0 Å². The van der Waals surface area contributed by atoms with Crippen molar-refractivity contribution in [1.82, 2.24) is 9.80 Å². The van der Waals surface area contributed by atoms with Crippen molar-refractivity contribution in [2.45, 2.75) is 37.8 Å². The van der Waals surface area contributed by atoms with Crippen LogP contribution in [-0.2, 0) is 10.4 Å². The maximum Gasteiger partial charge on any atom is 0.394 e. The van der Waals surface area contributed by atoms with Crippen LogP contribution in [0.15, 0.2) is 9.98 Å². The molecule has 0 aromatic carbocycles. The largest absolute Gasteiger partial charge is 0.394 e. The normalized spacial score (nSPS) is 19.7. The number of hydrogen-bond donors (Lipinski definition) is 6. The van der Waals surface area contributed by atoms with Crippen LogP contribution in [0, 0.1) is 0 Å². The molecule has 2 heterocycles. The van der Waals surface area contributed by atoms with Crippen molar-refractivity contribution >= 4 is 22.3 Å². The predicted octanol–water partition coefficient (Wildman–Crippen LogP) is -1.94. The minimum Gasteiger partial charge on any atom is -0.370 e. The fourth-order valence-corrected chi connectivity index (χ4v) is 2.67. The van der Waals surface area contributed by atoms with E-state index in [0.717, 1.165) is 51.9 Å². The van der Waals surface area contributed by atoms with Gasteiger partial charge >= 0.3 is 10.4 Å². The molecule has 13 heteroatoms. The van der Waals surface area contributed by atoms with Gasteiger partial charge in [-0.15, -0.1) is 0 Å². The minimum absolute atomic E-state index is 0.222. The number of nitrogens with two attached hydrogens (primary N) is 4. The van der Waals surface area contributed by atoms with Gasteiger partial charge in [0, 0.05) is 0 Å². The fourth-order valence-electron chi connectivity index (χ4n) is 2.67. The van der Waals surface area contributed by atoms with Crippen LogP contribution in [0.5, 0.6) is 0 Å². The Morgan fingerprint density at radius 1 is 0.778 bits per heavy atom. The lowest BCUT2D eigenvalue weighted by molar-refractivity contribution is 0.257. The van der Waals surface area contributed by atoms with Crippen molar-refractivity contribution in [3.8, 4) is 0 Å². The van der Waals surface area contributed by atoms with Gasteiger partial charge in [0.25, 0.3) is 0 Å². The van der Waals surface area contributed by atoms with E-state index in [9.17, 15) is 0 Å². The van der Waals surface area contributed by atoms with Crippen LogP contribution in [0.25, 0.3) is 0 Å². The second kappa shape index (κ2) is 12.7. The molecule has 0 spiro atoms. The van der Waals surface area contributed by atoms with E-state index in [1.165, 1.54) is 0 Å². The molecule has 0 bridgehead atoms. The van der Waals surface area contributed by atoms with E-state index in [4.69, 9.17) is 40.5 Å². The number of guanidine groups is 2. The van der Waals surface area contributed by atoms with Gasteiger partial charge in [0.05, 0.1) is 12.1 Å². The molecule has 0 atom stereocenters. The molecule has 0 radical (unpaired) electrons. The first-order valence-corrected chi connectivity index (χ1v) is 10.0. The molecule has 10 N–H and O–H groups in total. The van der Waals surface area contributed by atoms with E-state index in [0.29, 0.717) is 12.1 Å². The highest BCUT2D eigenvalue weighted by Crippen LogP contribution is 2.11. The molecule has 2 fully saturated rings. The molecule has 0 saturated carbocycles. The molecule has 12 nitrogen and oxygen atoms in total. The van der Waals surface area contributed by atoms with Crippen LogP contribution < -0.4 is 22.9 Å². The molecule has 2 aliphatic heterocycles. The van der Waals surface area contributed by atoms with Crippen LogP contribution in [0.2, 0.25) is 0 Å². The summed E-state index contributed by atoms with van der Waals surface area (Å²) in [6.45, 7) is 4.39. The number of nitrogens with zero attached hydrogens (tertiary/aromatic N) is 4. The van der Waals surface area contributed by atoms with Gasteiger partial charge in [0.1, 0.15) is 0 Å². The molecule has 27 heavy (non-hydrogen) atoms. The number of hydrogen-bond acceptors (Lipinski definition) is 6. The summed E-state index contributed by atoms with van der Waals surface area (Å²) in [6, 6.07) is 0.715. The Morgan fingerprint density at radius 2 is 1.00 bits per heavy atom. The Labute approximate surface area is 161 Å². The molecule has 2 saturated heterocycles. The number of piperidine rings is 2. The standard InChI is InChI=1S/2C7H16N4.H2O4S/c2*1-11-4-2-6(3-5-11)10-7(8)9;1-5(2,3)4/h2*6H,2-5H2,1H3,(H4,8,9,10);(H2,1,2,3,4). The summed E-state index contributed by atoms with van der Waals surface area (Å²) in [7, 11) is -0.433. The average Bonchev–Trinajstić information content (AvgIpc) is 2.50. The van der Waals surface area contributed by atoms with Crippen LogP contribution in [0.1, 0.15) is 25.7 Å². The van der Waals surface area contributed by atoms with E-state index in [1.54, 1.807) is 0 Å². The number of aliphatic imine (C=N–C) groups is 2. The highest BCUT2D eigenvalue weighted by molar-refractivity contribution is 7.79. The lowest BCUT2D eigenvalue weighted by atomic mass is 10.1. The molecule has 160 valence electrons. The van der Waals surface area contributed by atoms with Gasteiger partial charge in [-0.25, -0.2) is 0 Å². The van der Waals surface area contributed by atoms with E-state index < -0.39 is 10.4 Å². The smallest absolute Gasteiger partial charge is 0.370 e. The average molecular weight is 411 g/mol. The molecular weight excluding hydrogens is 376 g/mol. The maximum atomic E-state index is 8.74. The summed E-state index contributed by atoms with van der Waals surface area (Å²) >= 11 is 0. The zero-order valence-electron chi connectivity index (χ0n) is 16.0. The first-order valence-electron chi connectivity index (χ1n) is 8.61. The summed E-state index contributed by atoms with van der Waals surface area (Å²) in [5.41, 5.74) is 21.1. The molecule has 0 aromatic rings. The topological polar surface area (TPSA) is 210 Å². The number of rotatable bonds is 2. The maximum absolute atomic E-state index is 8.74. The summed E-state index contributed by atoms with van der Waals surface area (Å²) in [6.07, 6.45) is 4.31. The van der Waals surface area contributed by atoms with Gasteiger partial charge < -0.3 is 32.7 Å². The Balaban J connectivity index is 0.000000405. The minimum atomic E-state index is -4.67. The van der Waals surface area contributed by atoms with Crippen LogP contribution in [0.3, 0.4) is 0 Å². The zero-order chi connectivity index (χ0) is 21.0. The summed E-state index contributed by atoms with van der Waals surface area (Å²) in [5.74, 6) is 0.444. The molecule has 2 rings (SSSR count). The van der Waals surface area contributed by atoms with E-state index in [-0.39, 0.29) is 11.9 Å². The van der Waals surface area contributed by atoms with E-state index in [1.807, 2.05) is 0 Å². The summed E-state index contributed by atoms with van der Waals surface area (Å²) in [5, 5.41) is 0. The predicted molar refractivity (Wildman–Crippen MR) is 107 cm³/mol. The van der Waals surface area contributed by atoms with E-state index >= 15 is 0 Å². The molecule has 2 aliphatic rings. The molecule has 0 aliphatic carbocycles. The van der Waals surface area contributed by atoms with Gasteiger partial charge in [-0.1, -0.05) is 0 Å². The Hall–Kier alpha value is -1.67. The quantitative estimate of drug-likeness (QED) is 0.168.